The highest BCUT2D eigenvalue weighted by molar-refractivity contribution is 6.34. The van der Waals surface area contributed by atoms with Crippen LogP contribution in [0.15, 0.2) is 12.1 Å². The SMILES string of the molecule is CC(=O)c1c(Cl)ccc(OC(F)F)c1C=O. The lowest BCUT2D eigenvalue weighted by Crippen LogP contribution is -2.08. The quantitative estimate of drug-likeness (QED) is 0.608. The summed E-state index contributed by atoms with van der Waals surface area (Å²) in [4.78, 5) is 21.9. The van der Waals surface area contributed by atoms with E-state index in [-0.39, 0.29) is 28.2 Å². The van der Waals surface area contributed by atoms with Crippen LogP contribution >= 0.6 is 11.6 Å². The lowest BCUT2D eigenvalue weighted by molar-refractivity contribution is -0.0501. The molecule has 0 saturated carbocycles. The van der Waals surface area contributed by atoms with Gasteiger partial charge >= 0.3 is 6.61 Å². The molecule has 3 nitrogen and oxygen atoms in total. The molecule has 0 fully saturated rings. The number of ketones is 1. The van der Waals surface area contributed by atoms with Crippen molar-refractivity contribution in [1.29, 1.82) is 0 Å². The summed E-state index contributed by atoms with van der Waals surface area (Å²) in [5.74, 6) is -0.855. The third-order valence-electron chi connectivity index (χ3n) is 1.84. The van der Waals surface area contributed by atoms with Crippen LogP contribution in [0, 0.1) is 0 Å². The van der Waals surface area contributed by atoms with Crippen LogP contribution in [0.2, 0.25) is 5.02 Å². The molecular weight excluding hydrogens is 242 g/mol. The van der Waals surface area contributed by atoms with Gasteiger partial charge in [0.1, 0.15) is 5.75 Å². The minimum absolute atomic E-state index is 0.0243. The molecule has 0 spiro atoms. The predicted molar refractivity (Wildman–Crippen MR) is 53.5 cm³/mol. The Kier molecular flexibility index (Phi) is 3.95. The Morgan fingerprint density at radius 2 is 2.12 bits per heavy atom. The summed E-state index contributed by atoms with van der Waals surface area (Å²) in [5.41, 5.74) is -0.380. The third kappa shape index (κ3) is 2.55. The molecule has 0 radical (unpaired) electrons. The number of Topliss-reactive ketones (excluding diaryl/α,β-unsaturated/α-hetero) is 1. The fourth-order valence-electron chi connectivity index (χ4n) is 1.25. The Morgan fingerprint density at radius 1 is 1.50 bits per heavy atom. The molecule has 16 heavy (non-hydrogen) atoms. The molecule has 0 aliphatic carbocycles. The average molecular weight is 249 g/mol. The number of halogens is 3. The standard InChI is InChI=1S/C10H7ClF2O3/c1-5(15)9-6(4-14)8(16-10(12)13)3-2-7(9)11/h2-4,10H,1H3. The van der Waals surface area contributed by atoms with Crippen molar-refractivity contribution in [2.45, 2.75) is 13.5 Å². The molecule has 0 aliphatic rings. The average Bonchev–Trinajstić information content (AvgIpc) is 2.18. The zero-order chi connectivity index (χ0) is 12.3. The first-order chi connectivity index (χ1) is 7.47. The van der Waals surface area contributed by atoms with E-state index in [1.165, 1.54) is 13.0 Å². The maximum Gasteiger partial charge on any atom is 0.387 e. The van der Waals surface area contributed by atoms with Crippen molar-refractivity contribution in [2.75, 3.05) is 0 Å². The number of ether oxygens (including phenoxy) is 1. The molecule has 6 heteroatoms. The Hall–Kier alpha value is -1.49. The topological polar surface area (TPSA) is 43.4 Å². The van der Waals surface area contributed by atoms with Gasteiger partial charge in [-0.3, -0.25) is 9.59 Å². The van der Waals surface area contributed by atoms with Crippen LogP contribution < -0.4 is 4.74 Å². The first kappa shape index (κ1) is 12.6. The van der Waals surface area contributed by atoms with Gasteiger partial charge < -0.3 is 4.74 Å². The summed E-state index contributed by atoms with van der Waals surface area (Å²) < 4.78 is 28.1. The van der Waals surface area contributed by atoms with Gasteiger partial charge in [0.15, 0.2) is 12.1 Å². The smallest absolute Gasteiger partial charge is 0.387 e. The van der Waals surface area contributed by atoms with E-state index in [9.17, 15) is 18.4 Å². The van der Waals surface area contributed by atoms with Crippen LogP contribution in [0.4, 0.5) is 8.78 Å². The number of hydrogen-bond donors (Lipinski definition) is 0. The summed E-state index contributed by atoms with van der Waals surface area (Å²) in [6, 6.07) is 2.34. The molecule has 0 atom stereocenters. The summed E-state index contributed by atoms with van der Waals surface area (Å²) >= 11 is 5.69. The number of rotatable bonds is 4. The van der Waals surface area contributed by atoms with E-state index < -0.39 is 12.4 Å². The van der Waals surface area contributed by atoms with Crippen molar-refractivity contribution in [3.05, 3.63) is 28.3 Å². The molecule has 0 unspecified atom stereocenters. The molecule has 0 heterocycles. The number of alkyl halides is 2. The van der Waals surface area contributed by atoms with E-state index in [0.29, 0.717) is 0 Å². The first-order valence-electron chi connectivity index (χ1n) is 4.20. The molecule has 1 aromatic rings. The number of hydrogen-bond acceptors (Lipinski definition) is 3. The van der Waals surface area contributed by atoms with Crippen molar-refractivity contribution < 1.29 is 23.1 Å². The summed E-state index contributed by atoms with van der Waals surface area (Å²) in [7, 11) is 0. The van der Waals surface area contributed by atoms with Gasteiger partial charge in [-0.15, -0.1) is 0 Å². The number of carbonyl (C=O) groups is 2. The van der Waals surface area contributed by atoms with Gasteiger partial charge in [0.2, 0.25) is 0 Å². The van der Waals surface area contributed by atoms with Gasteiger partial charge in [0, 0.05) is 0 Å². The second-order valence-corrected chi connectivity index (χ2v) is 3.29. The highest BCUT2D eigenvalue weighted by Crippen LogP contribution is 2.28. The highest BCUT2D eigenvalue weighted by Gasteiger charge is 2.18. The fourth-order valence-corrected chi connectivity index (χ4v) is 1.55. The van der Waals surface area contributed by atoms with Gasteiger partial charge in [-0.2, -0.15) is 8.78 Å². The molecule has 0 amide bonds. The van der Waals surface area contributed by atoms with E-state index in [1.54, 1.807) is 0 Å². The highest BCUT2D eigenvalue weighted by atomic mass is 35.5. The molecule has 86 valence electrons. The summed E-state index contributed by atoms with van der Waals surface area (Å²) in [6.45, 7) is -1.89. The number of aldehydes is 1. The van der Waals surface area contributed by atoms with Crippen molar-refractivity contribution in [1.82, 2.24) is 0 Å². The molecular formula is C10H7ClF2O3. The normalized spacial score (nSPS) is 10.3. The van der Waals surface area contributed by atoms with Gasteiger partial charge in [0.05, 0.1) is 16.1 Å². The molecule has 1 aromatic carbocycles. The van der Waals surface area contributed by atoms with E-state index in [1.807, 2.05) is 0 Å². The number of carbonyl (C=O) groups excluding carboxylic acids is 2. The Balaban J connectivity index is 3.36. The molecule has 1 rings (SSSR count). The Bertz CT molecular complexity index is 432. The van der Waals surface area contributed by atoms with Gasteiger partial charge in [-0.05, 0) is 19.1 Å². The predicted octanol–water partition coefficient (Wildman–Crippen LogP) is 2.96. The maximum absolute atomic E-state index is 12.0. The van der Waals surface area contributed by atoms with Crippen LogP contribution in [0.5, 0.6) is 5.75 Å². The largest absolute Gasteiger partial charge is 0.434 e. The maximum atomic E-state index is 12.0. The van der Waals surface area contributed by atoms with Crippen molar-refractivity contribution >= 4 is 23.7 Å². The Labute approximate surface area is 95.0 Å². The second-order valence-electron chi connectivity index (χ2n) is 2.89. The zero-order valence-corrected chi connectivity index (χ0v) is 8.92. The van der Waals surface area contributed by atoms with E-state index in [2.05, 4.69) is 4.74 Å². The van der Waals surface area contributed by atoms with Crippen LogP contribution in [0.25, 0.3) is 0 Å². The third-order valence-corrected chi connectivity index (χ3v) is 2.16. The van der Waals surface area contributed by atoms with E-state index >= 15 is 0 Å². The first-order valence-corrected chi connectivity index (χ1v) is 4.58. The van der Waals surface area contributed by atoms with Gasteiger partial charge in [-0.1, -0.05) is 11.6 Å². The van der Waals surface area contributed by atoms with Crippen LogP contribution in [0.3, 0.4) is 0 Å². The summed E-state index contributed by atoms with van der Waals surface area (Å²) in [5, 5.41) is 0.0243. The van der Waals surface area contributed by atoms with Crippen molar-refractivity contribution in [3.63, 3.8) is 0 Å². The second kappa shape index (κ2) is 5.03. The fraction of sp³-hybridized carbons (Fsp3) is 0.200. The van der Waals surface area contributed by atoms with E-state index in [4.69, 9.17) is 11.6 Å². The molecule has 0 aromatic heterocycles. The lowest BCUT2D eigenvalue weighted by atomic mass is 10.0. The molecule has 0 aliphatic heterocycles. The van der Waals surface area contributed by atoms with Gasteiger partial charge in [-0.25, -0.2) is 0 Å². The minimum atomic E-state index is -3.07. The monoisotopic (exact) mass is 248 g/mol. The van der Waals surface area contributed by atoms with Crippen LogP contribution in [-0.4, -0.2) is 18.7 Å². The molecule has 0 saturated heterocycles. The molecule has 0 N–H and O–H groups in total. The zero-order valence-electron chi connectivity index (χ0n) is 8.17. The lowest BCUT2D eigenvalue weighted by Gasteiger charge is -2.10. The van der Waals surface area contributed by atoms with Crippen molar-refractivity contribution in [3.8, 4) is 5.75 Å². The van der Waals surface area contributed by atoms with Crippen LogP contribution in [-0.2, 0) is 0 Å². The van der Waals surface area contributed by atoms with E-state index in [0.717, 1.165) is 6.07 Å². The van der Waals surface area contributed by atoms with Crippen LogP contribution in [0.1, 0.15) is 27.6 Å². The number of benzene rings is 1. The van der Waals surface area contributed by atoms with Gasteiger partial charge in [0.25, 0.3) is 0 Å². The van der Waals surface area contributed by atoms with Crippen molar-refractivity contribution in [2.24, 2.45) is 0 Å². The Morgan fingerprint density at radius 3 is 2.56 bits per heavy atom. The summed E-state index contributed by atoms with van der Waals surface area (Å²) in [6.07, 6.45) is 0.264. The minimum Gasteiger partial charge on any atom is -0.434 e. The molecule has 0 bridgehead atoms.